The summed E-state index contributed by atoms with van der Waals surface area (Å²) in [6.07, 6.45) is 4.02. The minimum Gasteiger partial charge on any atom is -0.286 e. The van der Waals surface area contributed by atoms with Crippen LogP contribution in [0.4, 0.5) is 0 Å². The molecule has 1 rings (SSSR count). The molecule has 0 saturated heterocycles. The Morgan fingerprint density at radius 1 is 1.46 bits per heavy atom. The van der Waals surface area contributed by atoms with E-state index in [2.05, 4.69) is 0 Å². The highest BCUT2D eigenvalue weighted by molar-refractivity contribution is 5.84. The first-order valence-electron chi connectivity index (χ1n) is 4.51. The predicted octanol–water partition coefficient (Wildman–Crippen LogP) is 1.31. The third kappa shape index (κ3) is 1.81. The fourth-order valence-electron chi connectivity index (χ4n) is 1.84. The van der Waals surface area contributed by atoms with E-state index in [-0.39, 0.29) is 0 Å². The second kappa shape index (κ2) is 3.75. The van der Waals surface area contributed by atoms with Crippen molar-refractivity contribution in [2.45, 2.75) is 32.1 Å². The molecule has 0 heterocycles. The van der Waals surface area contributed by atoms with Gasteiger partial charge in [0.2, 0.25) is 0 Å². The number of hydroxylamine groups is 2. The first-order valence-corrected chi connectivity index (χ1v) is 4.51. The molecule has 4 nitrogen and oxygen atoms in total. The zero-order valence-electron chi connectivity index (χ0n) is 7.79. The van der Waals surface area contributed by atoms with Crippen LogP contribution in [0.3, 0.4) is 0 Å². The molecule has 0 spiro atoms. The van der Waals surface area contributed by atoms with E-state index in [0.717, 1.165) is 19.3 Å². The summed E-state index contributed by atoms with van der Waals surface area (Å²) >= 11 is 0. The van der Waals surface area contributed by atoms with Gasteiger partial charge in [0.25, 0.3) is 5.91 Å². The number of hydrogen-bond donors (Lipinski definition) is 1. The molecule has 1 aliphatic rings. The molecule has 0 aromatic rings. The van der Waals surface area contributed by atoms with Crippen molar-refractivity contribution in [3.05, 3.63) is 0 Å². The summed E-state index contributed by atoms with van der Waals surface area (Å²) < 4.78 is 0. The van der Waals surface area contributed by atoms with Crippen LogP contribution in [0, 0.1) is 16.7 Å². The Balaban J connectivity index is 2.80. The summed E-state index contributed by atoms with van der Waals surface area (Å²) in [5.41, 5.74) is -0.957. The summed E-state index contributed by atoms with van der Waals surface area (Å²) in [5, 5.41) is 18.5. The zero-order chi connectivity index (χ0) is 9.90. The summed E-state index contributed by atoms with van der Waals surface area (Å²) in [6, 6.07) is 2.05. The van der Waals surface area contributed by atoms with Crippen LogP contribution in [-0.2, 0) is 4.79 Å². The van der Waals surface area contributed by atoms with E-state index in [0.29, 0.717) is 17.9 Å². The van der Waals surface area contributed by atoms with E-state index >= 15 is 0 Å². The van der Waals surface area contributed by atoms with Crippen LogP contribution >= 0.6 is 0 Å². The highest BCUT2D eigenvalue weighted by Gasteiger charge is 2.41. The van der Waals surface area contributed by atoms with E-state index in [1.165, 1.54) is 7.05 Å². The molecule has 0 aromatic heterocycles. The summed E-state index contributed by atoms with van der Waals surface area (Å²) in [4.78, 5) is 11.5. The monoisotopic (exact) mass is 182 g/mol. The number of nitrogens with zero attached hydrogens (tertiary/aromatic N) is 2. The molecule has 0 radical (unpaired) electrons. The molecule has 4 heteroatoms. The maximum Gasteiger partial charge on any atom is 0.266 e. The van der Waals surface area contributed by atoms with Gasteiger partial charge in [0.1, 0.15) is 5.41 Å². The van der Waals surface area contributed by atoms with Gasteiger partial charge >= 0.3 is 0 Å². The molecule has 0 aromatic carbocycles. The molecule has 1 N–H and O–H groups in total. The molecule has 1 amide bonds. The van der Waals surface area contributed by atoms with Gasteiger partial charge in [0, 0.05) is 7.05 Å². The van der Waals surface area contributed by atoms with Crippen LogP contribution in [0.25, 0.3) is 0 Å². The van der Waals surface area contributed by atoms with Crippen LogP contribution < -0.4 is 0 Å². The van der Waals surface area contributed by atoms with E-state index in [4.69, 9.17) is 10.5 Å². The normalized spacial score (nSPS) is 20.4. The van der Waals surface area contributed by atoms with E-state index < -0.39 is 11.3 Å². The summed E-state index contributed by atoms with van der Waals surface area (Å²) in [6.45, 7) is 0. The standard InChI is InChI=1S/C9H14N2O2/c1-11(13)8(12)9(7-10)5-3-2-4-6-9/h13H,2-6H2,1H3. The lowest BCUT2D eigenvalue weighted by Gasteiger charge is -2.30. The first kappa shape index (κ1) is 10.0. The number of carbonyl (C=O) groups excluding carboxylic acids is 1. The minimum absolute atomic E-state index is 0.463. The van der Waals surface area contributed by atoms with Gasteiger partial charge in [-0.15, -0.1) is 0 Å². The average molecular weight is 182 g/mol. The van der Waals surface area contributed by atoms with Gasteiger partial charge in [-0.1, -0.05) is 19.3 Å². The molecule has 0 unspecified atom stereocenters. The minimum atomic E-state index is -0.957. The highest BCUT2D eigenvalue weighted by Crippen LogP contribution is 2.36. The van der Waals surface area contributed by atoms with Crippen LogP contribution in [0.15, 0.2) is 0 Å². The van der Waals surface area contributed by atoms with Crippen molar-refractivity contribution in [3.8, 4) is 6.07 Å². The summed E-state index contributed by atoms with van der Waals surface area (Å²) in [5.74, 6) is -0.463. The Kier molecular flexibility index (Phi) is 2.89. The fraction of sp³-hybridized carbons (Fsp3) is 0.778. The van der Waals surface area contributed by atoms with Crippen LogP contribution in [0.2, 0.25) is 0 Å². The number of nitriles is 1. The van der Waals surface area contributed by atoms with Crippen molar-refractivity contribution >= 4 is 5.91 Å². The lowest BCUT2D eigenvalue weighted by molar-refractivity contribution is -0.169. The molecule has 72 valence electrons. The average Bonchev–Trinajstić information content (AvgIpc) is 2.17. The Morgan fingerprint density at radius 3 is 2.38 bits per heavy atom. The van der Waals surface area contributed by atoms with Crippen LogP contribution in [0.1, 0.15) is 32.1 Å². The second-order valence-corrected chi connectivity index (χ2v) is 3.58. The quantitative estimate of drug-likeness (QED) is 0.491. The SMILES string of the molecule is CN(O)C(=O)C1(C#N)CCCCC1. The molecule has 0 aliphatic heterocycles. The van der Waals surface area contributed by atoms with Gasteiger partial charge in [-0.3, -0.25) is 10.0 Å². The Labute approximate surface area is 77.7 Å². The van der Waals surface area contributed by atoms with Crippen molar-refractivity contribution in [2.24, 2.45) is 5.41 Å². The van der Waals surface area contributed by atoms with Gasteiger partial charge in [0.15, 0.2) is 0 Å². The highest BCUT2D eigenvalue weighted by atomic mass is 16.5. The van der Waals surface area contributed by atoms with Gasteiger partial charge < -0.3 is 0 Å². The molecular weight excluding hydrogens is 168 g/mol. The number of amides is 1. The lowest BCUT2D eigenvalue weighted by Crippen LogP contribution is -2.40. The van der Waals surface area contributed by atoms with Crippen molar-refractivity contribution in [3.63, 3.8) is 0 Å². The third-order valence-electron chi connectivity index (χ3n) is 2.62. The molecule has 1 fully saturated rings. The Morgan fingerprint density at radius 2 is 2.00 bits per heavy atom. The van der Waals surface area contributed by atoms with Gasteiger partial charge in [0.05, 0.1) is 6.07 Å². The first-order chi connectivity index (χ1) is 6.12. The lowest BCUT2D eigenvalue weighted by atomic mass is 9.74. The number of carbonyl (C=O) groups is 1. The van der Waals surface area contributed by atoms with Gasteiger partial charge in [-0.25, -0.2) is 5.06 Å². The fourth-order valence-corrected chi connectivity index (χ4v) is 1.84. The number of rotatable bonds is 1. The third-order valence-corrected chi connectivity index (χ3v) is 2.62. The maximum absolute atomic E-state index is 11.5. The van der Waals surface area contributed by atoms with Crippen molar-refractivity contribution < 1.29 is 10.0 Å². The van der Waals surface area contributed by atoms with Gasteiger partial charge in [-0.2, -0.15) is 5.26 Å². The van der Waals surface area contributed by atoms with E-state index in [9.17, 15) is 4.79 Å². The molecule has 1 saturated carbocycles. The molecule has 0 bridgehead atoms. The molecule has 0 atom stereocenters. The second-order valence-electron chi connectivity index (χ2n) is 3.58. The van der Waals surface area contributed by atoms with Crippen LogP contribution in [0.5, 0.6) is 0 Å². The predicted molar refractivity (Wildman–Crippen MR) is 45.7 cm³/mol. The number of hydrogen-bond acceptors (Lipinski definition) is 3. The van der Waals surface area contributed by atoms with Crippen molar-refractivity contribution in [2.75, 3.05) is 7.05 Å². The Hall–Kier alpha value is -1.08. The molecule has 13 heavy (non-hydrogen) atoms. The molecule has 1 aliphatic carbocycles. The smallest absolute Gasteiger partial charge is 0.266 e. The van der Waals surface area contributed by atoms with Crippen molar-refractivity contribution in [1.29, 1.82) is 5.26 Å². The topological polar surface area (TPSA) is 64.3 Å². The molecular formula is C9H14N2O2. The Bertz CT molecular complexity index is 236. The van der Waals surface area contributed by atoms with Crippen molar-refractivity contribution in [1.82, 2.24) is 5.06 Å². The van der Waals surface area contributed by atoms with E-state index in [1.54, 1.807) is 0 Å². The largest absolute Gasteiger partial charge is 0.286 e. The van der Waals surface area contributed by atoms with E-state index in [1.807, 2.05) is 6.07 Å². The summed E-state index contributed by atoms with van der Waals surface area (Å²) in [7, 11) is 1.27. The maximum atomic E-state index is 11.5. The van der Waals surface area contributed by atoms with Gasteiger partial charge in [-0.05, 0) is 12.8 Å². The van der Waals surface area contributed by atoms with Crippen LogP contribution in [-0.4, -0.2) is 23.2 Å². The zero-order valence-corrected chi connectivity index (χ0v) is 7.79.